The highest BCUT2D eigenvalue weighted by Crippen LogP contribution is 2.35. The van der Waals surface area contributed by atoms with Crippen molar-refractivity contribution in [3.8, 4) is 17.2 Å². The third-order valence-corrected chi connectivity index (χ3v) is 7.06. The van der Waals surface area contributed by atoms with E-state index >= 15 is 0 Å². The van der Waals surface area contributed by atoms with Gasteiger partial charge in [0.15, 0.2) is 11.5 Å². The number of thioether (sulfide) groups is 1. The van der Waals surface area contributed by atoms with Crippen molar-refractivity contribution in [1.29, 1.82) is 0 Å². The van der Waals surface area contributed by atoms with E-state index in [1.165, 1.54) is 7.11 Å². The van der Waals surface area contributed by atoms with E-state index in [2.05, 4.69) is 0 Å². The minimum atomic E-state index is -0.377. The number of imide groups is 1. The largest absolute Gasteiger partial charge is 0.493 e. The molecule has 2 amide bonds. The quantitative estimate of drug-likeness (QED) is 0.253. The Bertz CT molecular complexity index is 1290. The first-order valence-electron chi connectivity index (χ1n) is 10.7. The second-order valence-electron chi connectivity index (χ2n) is 7.53. The maximum atomic E-state index is 12.8. The van der Waals surface area contributed by atoms with E-state index in [0.29, 0.717) is 48.3 Å². The zero-order valence-corrected chi connectivity index (χ0v) is 22.1. The van der Waals surface area contributed by atoms with Gasteiger partial charge in [-0.25, -0.2) is 0 Å². The number of carbonyl (C=O) groups excluding carboxylic acids is 2. The second-order valence-corrected chi connectivity index (χ2v) is 9.78. The Morgan fingerprint density at radius 3 is 2.33 bits per heavy atom. The topological polar surface area (TPSA) is 65.1 Å². The maximum Gasteiger partial charge on any atom is 0.293 e. The molecule has 3 aromatic rings. The van der Waals surface area contributed by atoms with E-state index in [1.807, 2.05) is 0 Å². The molecule has 186 valence electrons. The van der Waals surface area contributed by atoms with Gasteiger partial charge in [-0.1, -0.05) is 46.9 Å². The van der Waals surface area contributed by atoms with Gasteiger partial charge < -0.3 is 14.2 Å². The van der Waals surface area contributed by atoms with Gasteiger partial charge in [-0.2, -0.15) is 0 Å². The fourth-order valence-electron chi connectivity index (χ4n) is 3.34. The van der Waals surface area contributed by atoms with Crippen LogP contribution in [0.15, 0.2) is 65.6 Å². The number of amides is 2. The summed E-state index contributed by atoms with van der Waals surface area (Å²) in [6.45, 7) is 0.457. The van der Waals surface area contributed by atoms with Crippen LogP contribution in [0.1, 0.15) is 11.1 Å². The number of hydrogen-bond acceptors (Lipinski definition) is 6. The molecule has 1 saturated heterocycles. The van der Waals surface area contributed by atoms with Gasteiger partial charge in [0, 0.05) is 20.6 Å². The van der Waals surface area contributed by atoms with Crippen LogP contribution in [0, 0.1) is 0 Å². The molecule has 1 aliphatic rings. The van der Waals surface area contributed by atoms with Gasteiger partial charge in [0.05, 0.1) is 18.6 Å². The average molecular weight is 565 g/mol. The number of halogens is 3. The van der Waals surface area contributed by atoms with Crippen LogP contribution in [0.25, 0.3) is 6.08 Å². The van der Waals surface area contributed by atoms with Crippen molar-refractivity contribution in [1.82, 2.24) is 4.90 Å². The molecular weight excluding hydrogens is 545 g/mol. The Hall–Kier alpha value is -2.84. The molecular formula is C26H20Cl3NO5S. The number of rotatable bonds is 9. The van der Waals surface area contributed by atoms with Crippen molar-refractivity contribution in [2.24, 2.45) is 0 Å². The molecule has 0 atom stereocenters. The first kappa shape index (κ1) is 26.2. The lowest BCUT2D eigenvalue weighted by molar-refractivity contribution is -0.123. The van der Waals surface area contributed by atoms with E-state index < -0.39 is 0 Å². The van der Waals surface area contributed by atoms with Gasteiger partial charge in [-0.3, -0.25) is 14.5 Å². The van der Waals surface area contributed by atoms with Crippen LogP contribution in [0.2, 0.25) is 15.1 Å². The number of carbonyl (C=O) groups is 2. The third kappa shape index (κ3) is 6.28. The van der Waals surface area contributed by atoms with Gasteiger partial charge in [0.25, 0.3) is 11.1 Å². The Kier molecular flexibility index (Phi) is 8.69. The lowest BCUT2D eigenvalue weighted by Gasteiger charge is -2.13. The van der Waals surface area contributed by atoms with Crippen molar-refractivity contribution in [2.45, 2.75) is 6.61 Å². The second kappa shape index (κ2) is 11.9. The third-order valence-electron chi connectivity index (χ3n) is 5.19. The number of methoxy groups -OCH3 is 1. The van der Waals surface area contributed by atoms with E-state index in [9.17, 15) is 9.59 Å². The summed E-state index contributed by atoms with van der Waals surface area (Å²) in [6, 6.07) is 17.3. The SMILES string of the molecule is COc1cc(/C=C2\SC(=O)N(CCOc3ccc(Cl)cc3)C2=O)ccc1OCc1c(Cl)cccc1Cl. The molecule has 0 radical (unpaired) electrons. The summed E-state index contributed by atoms with van der Waals surface area (Å²) in [5.74, 6) is 1.17. The first-order valence-corrected chi connectivity index (χ1v) is 12.7. The Labute approximate surface area is 227 Å². The zero-order chi connectivity index (χ0) is 25.7. The van der Waals surface area contributed by atoms with Gasteiger partial charge in [0.2, 0.25) is 0 Å². The zero-order valence-electron chi connectivity index (χ0n) is 19.0. The monoisotopic (exact) mass is 563 g/mol. The van der Waals surface area contributed by atoms with Crippen LogP contribution in [-0.2, 0) is 11.4 Å². The summed E-state index contributed by atoms with van der Waals surface area (Å²) in [4.78, 5) is 26.7. The van der Waals surface area contributed by atoms with Crippen molar-refractivity contribution in [3.63, 3.8) is 0 Å². The van der Waals surface area contributed by atoms with Crippen LogP contribution in [0.3, 0.4) is 0 Å². The highest BCUT2D eigenvalue weighted by atomic mass is 35.5. The summed E-state index contributed by atoms with van der Waals surface area (Å²) in [5.41, 5.74) is 1.35. The van der Waals surface area contributed by atoms with E-state index in [0.717, 1.165) is 16.7 Å². The van der Waals surface area contributed by atoms with Gasteiger partial charge in [0.1, 0.15) is 19.0 Å². The van der Waals surface area contributed by atoms with Gasteiger partial charge >= 0.3 is 0 Å². The fraction of sp³-hybridized carbons (Fsp3) is 0.154. The summed E-state index contributed by atoms with van der Waals surface area (Å²) in [7, 11) is 1.52. The minimum absolute atomic E-state index is 0.130. The molecule has 0 aliphatic carbocycles. The van der Waals surface area contributed by atoms with Crippen LogP contribution < -0.4 is 14.2 Å². The molecule has 1 aliphatic heterocycles. The van der Waals surface area contributed by atoms with Gasteiger partial charge in [-0.15, -0.1) is 0 Å². The first-order chi connectivity index (χ1) is 17.4. The lowest BCUT2D eigenvalue weighted by Crippen LogP contribution is -2.32. The number of ether oxygens (including phenoxy) is 3. The summed E-state index contributed by atoms with van der Waals surface area (Å²) >= 11 is 19.2. The number of benzene rings is 3. The molecule has 4 rings (SSSR count). The number of nitrogens with zero attached hydrogens (tertiary/aromatic N) is 1. The van der Waals surface area contributed by atoms with Crippen LogP contribution in [0.5, 0.6) is 17.2 Å². The molecule has 0 aromatic heterocycles. The molecule has 0 spiro atoms. The molecule has 1 fully saturated rings. The minimum Gasteiger partial charge on any atom is -0.493 e. The Morgan fingerprint density at radius 1 is 0.917 bits per heavy atom. The van der Waals surface area contributed by atoms with Crippen molar-refractivity contribution < 1.29 is 23.8 Å². The van der Waals surface area contributed by atoms with Crippen LogP contribution >= 0.6 is 46.6 Å². The average Bonchev–Trinajstić information content (AvgIpc) is 3.12. The molecule has 0 bridgehead atoms. The van der Waals surface area contributed by atoms with E-state index in [1.54, 1.807) is 66.7 Å². The van der Waals surface area contributed by atoms with Crippen molar-refractivity contribution >= 4 is 63.8 Å². The smallest absolute Gasteiger partial charge is 0.293 e. The molecule has 36 heavy (non-hydrogen) atoms. The standard InChI is InChI=1S/C26H20Cl3NO5S/c1-33-23-13-16(5-10-22(23)35-15-19-20(28)3-2-4-21(19)29)14-24-25(31)30(26(32)36-24)11-12-34-18-8-6-17(27)7-9-18/h2-10,13-14H,11-12,15H2,1H3/b24-14-. The van der Waals surface area contributed by atoms with Gasteiger partial charge in [-0.05, 0) is 71.9 Å². The summed E-state index contributed by atoms with van der Waals surface area (Å²) < 4.78 is 16.9. The Balaban J connectivity index is 1.41. The Morgan fingerprint density at radius 2 is 1.64 bits per heavy atom. The molecule has 6 nitrogen and oxygen atoms in total. The molecule has 0 saturated carbocycles. The predicted molar refractivity (Wildman–Crippen MR) is 143 cm³/mol. The molecule has 3 aromatic carbocycles. The van der Waals surface area contributed by atoms with Crippen LogP contribution in [-0.4, -0.2) is 36.3 Å². The molecule has 10 heteroatoms. The lowest BCUT2D eigenvalue weighted by atomic mass is 10.1. The number of hydrogen-bond donors (Lipinski definition) is 0. The fourth-order valence-corrected chi connectivity index (χ4v) is 4.84. The predicted octanol–water partition coefficient (Wildman–Crippen LogP) is 7.35. The van der Waals surface area contributed by atoms with Crippen LogP contribution in [0.4, 0.5) is 4.79 Å². The molecule has 0 unspecified atom stereocenters. The van der Waals surface area contributed by atoms with E-state index in [4.69, 9.17) is 49.0 Å². The highest BCUT2D eigenvalue weighted by Gasteiger charge is 2.34. The summed E-state index contributed by atoms with van der Waals surface area (Å²) in [5, 5.41) is 1.26. The molecule has 0 N–H and O–H groups in total. The summed E-state index contributed by atoms with van der Waals surface area (Å²) in [6.07, 6.45) is 1.64. The van der Waals surface area contributed by atoms with Crippen molar-refractivity contribution in [3.05, 3.63) is 91.8 Å². The highest BCUT2D eigenvalue weighted by molar-refractivity contribution is 8.18. The molecule has 1 heterocycles. The normalized spacial score (nSPS) is 14.4. The van der Waals surface area contributed by atoms with E-state index in [-0.39, 0.29) is 30.9 Å². The maximum absolute atomic E-state index is 12.8. The van der Waals surface area contributed by atoms with Crippen molar-refractivity contribution in [2.75, 3.05) is 20.3 Å².